The van der Waals surface area contributed by atoms with Crippen molar-refractivity contribution < 1.29 is 23.1 Å². The Morgan fingerprint density at radius 3 is 2.61 bits per heavy atom. The van der Waals surface area contributed by atoms with Gasteiger partial charge in [0.05, 0.1) is 21.6 Å². The number of aromatic nitrogens is 1. The molecule has 1 aromatic heterocycles. The Hall–Kier alpha value is -2.63. The number of rotatable bonds is 8. The zero-order valence-electron chi connectivity index (χ0n) is 21.0. The van der Waals surface area contributed by atoms with E-state index >= 15 is 0 Å². The van der Waals surface area contributed by atoms with Crippen LogP contribution in [0.1, 0.15) is 28.8 Å². The predicted octanol–water partition coefficient (Wildman–Crippen LogP) is 3.18. The normalized spacial score (nSPS) is 15.9. The molecule has 1 unspecified atom stereocenters. The van der Waals surface area contributed by atoms with Gasteiger partial charge in [-0.25, -0.2) is 8.42 Å². The number of hydrogen-bond acceptors (Lipinski definition) is 7. The van der Waals surface area contributed by atoms with E-state index in [4.69, 9.17) is 27.9 Å². The van der Waals surface area contributed by atoms with Crippen molar-refractivity contribution in [1.82, 2.24) is 15.2 Å². The third-order valence-electron chi connectivity index (χ3n) is 6.63. The van der Waals surface area contributed by atoms with E-state index in [9.17, 15) is 23.1 Å². The SMILES string of the molecule is Cc1c(Cl)ccc(OC2CCN(CC(O)CNC(=O)c3c[nH]c(=O)c4cc(S(C)(=O)=O)ccc34)CC2)c1Cl. The molecule has 1 atom stereocenters. The van der Waals surface area contributed by atoms with Crippen molar-refractivity contribution in [2.24, 2.45) is 0 Å². The number of aliphatic hydroxyl groups excluding tert-OH is 1. The highest BCUT2D eigenvalue weighted by atomic mass is 35.5. The molecule has 1 saturated heterocycles. The van der Waals surface area contributed by atoms with Gasteiger partial charge in [0.2, 0.25) is 0 Å². The molecule has 3 N–H and O–H groups in total. The third kappa shape index (κ3) is 6.50. The highest BCUT2D eigenvalue weighted by molar-refractivity contribution is 7.90. The quantitative estimate of drug-likeness (QED) is 0.372. The lowest BCUT2D eigenvalue weighted by Gasteiger charge is -2.33. The van der Waals surface area contributed by atoms with Gasteiger partial charge in [0.25, 0.3) is 11.5 Å². The Morgan fingerprint density at radius 2 is 1.92 bits per heavy atom. The van der Waals surface area contributed by atoms with E-state index in [2.05, 4.69) is 15.2 Å². The molecule has 3 aromatic rings. The van der Waals surface area contributed by atoms with Gasteiger partial charge in [0.1, 0.15) is 11.9 Å². The molecule has 9 nitrogen and oxygen atoms in total. The summed E-state index contributed by atoms with van der Waals surface area (Å²) in [4.78, 5) is 29.6. The number of amides is 1. The summed E-state index contributed by atoms with van der Waals surface area (Å²) in [5.41, 5.74) is 0.464. The number of nitrogens with one attached hydrogen (secondary N) is 2. The van der Waals surface area contributed by atoms with Crippen LogP contribution < -0.4 is 15.6 Å². The molecule has 0 saturated carbocycles. The average molecular weight is 583 g/mol. The maximum absolute atomic E-state index is 12.8. The Bertz CT molecular complexity index is 1520. The number of aromatic amines is 1. The van der Waals surface area contributed by atoms with Crippen LogP contribution in [0.5, 0.6) is 5.75 Å². The number of aliphatic hydroxyl groups is 1. The summed E-state index contributed by atoms with van der Waals surface area (Å²) < 4.78 is 29.8. The van der Waals surface area contributed by atoms with Crippen molar-refractivity contribution in [1.29, 1.82) is 0 Å². The number of piperidine rings is 1. The monoisotopic (exact) mass is 581 g/mol. The van der Waals surface area contributed by atoms with Gasteiger partial charge in [-0.3, -0.25) is 9.59 Å². The van der Waals surface area contributed by atoms with E-state index < -0.39 is 27.4 Å². The fourth-order valence-corrected chi connectivity index (χ4v) is 5.51. The predicted molar refractivity (Wildman–Crippen MR) is 147 cm³/mol. The minimum Gasteiger partial charge on any atom is -0.489 e. The van der Waals surface area contributed by atoms with Gasteiger partial charge in [0.15, 0.2) is 9.84 Å². The lowest BCUT2D eigenvalue weighted by atomic mass is 10.1. The fraction of sp³-hybridized carbons (Fsp3) is 0.385. The summed E-state index contributed by atoms with van der Waals surface area (Å²) in [6.45, 7) is 3.66. The van der Waals surface area contributed by atoms with E-state index in [1.807, 2.05) is 6.92 Å². The summed E-state index contributed by atoms with van der Waals surface area (Å²) in [6.07, 6.45) is 3.04. The Labute approximate surface area is 230 Å². The van der Waals surface area contributed by atoms with Crippen LogP contribution in [0.25, 0.3) is 10.8 Å². The molecule has 1 amide bonds. The number of β-amino-alcohol motifs (C(OH)–C–C–N with tert-alkyl or cyclic N) is 1. The zero-order chi connectivity index (χ0) is 27.6. The molecular formula is C26H29Cl2N3O6S. The van der Waals surface area contributed by atoms with E-state index in [0.717, 1.165) is 24.7 Å². The molecular weight excluding hydrogens is 553 g/mol. The van der Waals surface area contributed by atoms with Gasteiger partial charge < -0.3 is 25.0 Å². The molecule has 38 heavy (non-hydrogen) atoms. The Balaban J connectivity index is 1.30. The lowest BCUT2D eigenvalue weighted by molar-refractivity contribution is 0.0594. The minimum absolute atomic E-state index is 0.00194. The molecule has 204 valence electrons. The summed E-state index contributed by atoms with van der Waals surface area (Å²) in [7, 11) is -3.51. The standard InChI is InChI=1S/C26H29Cl2N3O6S/c1-15-22(27)5-6-23(24(15)28)37-17-7-9-31(10-8-17)14-16(32)12-29-26(34)21-13-30-25(33)20-11-18(38(2,35)36)3-4-19(20)21/h3-6,11,13,16-17,32H,7-10,12,14H2,1-2H3,(H,29,34)(H,30,33). The second kappa shape index (κ2) is 11.6. The number of fused-ring (bicyclic) bond motifs is 1. The number of carbonyl (C=O) groups excluding carboxylic acids is 1. The number of nitrogens with zero attached hydrogens (tertiary/aromatic N) is 1. The van der Waals surface area contributed by atoms with Crippen LogP contribution in [-0.2, 0) is 9.84 Å². The van der Waals surface area contributed by atoms with Crippen LogP contribution in [-0.4, -0.2) is 74.0 Å². The van der Waals surface area contributed by atoms with Crippen LogP contribution >= 0.6 is 23.2 Å². The van der Waals surface area contributed by atoms with Crippen LogP contribution in [0, 0.1) is 6.92 Å². The van der Waals surface area contributed by atoms with Crippen LogP contribution in [0.15, 0.2) is 46.2 Å². The Kier molecular flexibility index (Phi) is 8.68. The van der Waals surface area contributed by atoms with Gasteiger partial charge in [-0.05, 0) is 49.6 Å². The molecule has 0 bridgehead atoms. The van der Waals surface area contributed by atoms with Crippen molar-refractivity contribution in [3.05, 3.63) is 68.1 Å². The third-order valence-corrected chi connectivity index (χ3v) is 8.62. The van der Waals surface area contributed by atoms with Crippen molar-refractivity contribution in [3.63, 3.8) is 0 Å². The second-order valence-electron chi connectivity index (χ2n) is 9.48. The number of ether oxygens (including phenoxy) is 1. The maximum Gasteiger partial charge on any atom is 0.255 e. The second-order valence-corrected chi connectivity index (χ2v) is 12.3. The maximum atomic E-state index is 12.8. The first-order chi connectivity index (χ1) is 17.9. The van der Waals surface area contributed by atoms with Crippen LogP contribution in [0.3, 0.4) is 0 Å². The van der Waals surface area contributed by atoms with Crippen molar-refractivity contribution in [3.8, 4) is 5.75 Å². The lowest BCUT2D eigenvalue weighted by Crippen LogP contribution is -2.45. The average Bonchev–Trinajstić information content (AvgIpc) is 2.88. The number of sulfone groups is 1. The molecule has 1 aliphatic rings. The van der Waals surface area contributed by atoms with Crippen molar-refractivity contribution in [2.45, 2.75) is 36.9 Å². The fourth-order valence-electron chi connectivity index (χ4n) is 4.44. The summed E-state index contributed by atoms with van der Waals surface area (Å²) in [5.74, 6) is 0.122. The molecule has 4 rings (SSSR count). The summed E-state index contributed by atoms with van der Waals surface area (Å²) in [5, 5.41) is 14.8. The van der Waals surface area contributed by atoms with Gasteiger partial charge >= 0.3 is 0 Å². The summed E-state index contributed by atoms with van der Waals surface area (Å²) >= 11 is 12.5. The van der Waals surface area contributed by atoms with Gasteiger partial charge in [-0.2, -0.15) is 0 Å². The van der Waals surface area contributed by atoms with Crippen molar-refractivity contribution in [2.75, 3.05) is 32.4 Å². The molecule has 0 radical (unpaired) electrons. The number of H-pyrrole nitrogens is 1. The van der Waals surface area contributed by atoms with Gasteiger partial charge in [-0.1, -0.05) is 29.3 Å². The van der Waals surface area contributed by atoms with E-state index in [-0.39, 0.29) is 28.5 Å². The molecule has 2 aromatic carbocycles. The number of benzene rings is 2. The first-order valence-electron chi connectivity index (χ1n) is 12.1. The number of halogens is 2. The number of likely N-dealkylation sites (tertiary alicyclic amines) is 1. The molecule has 1 aliphatic heterocycles. The molecule has 0 aliphatic carbocycles. The van der Waals surface area contributed by atoms with E-state index in [1.165, 1.54) is 24.4 Å². The highest BCUT2D eigenvalue weighted by Gasteiger charge is 2.24. The van der Waals surface area contributed by atoms with Crippen LogP contribution in [0.4, 0.5) is 0 Å². The molecule has 12 heteroatoms. The molecule has 2 heterocycles. The first-order valence-corrected chi connectivity index (χ1v) is 14.7. The number of hydrogen-bond donors (Lipinski definition) is 3. The molecule has 0 spiro atoms. The van der Waals surface area contributed by atoms with E-state index in [1.54, 1.807) is 12.1 Å². The largest absolute Gasteiger partial charge is 0.489 e. The van der Waals surface area contributed by atoms with Crippen LogP contribution in [0.2, 0.25) is 10.0 Å². The van der Waals surface area contributed by atoms with Crippen molar-refractivity contribution >= 4 is 49.7 Å². The Morgan fingerprint density at radius 1 is 1.21 bits per heavy atom. The zero-order valence-corrected chi connectivity index (χ0v) is 23.3. The topological polar surface area (TPSA) is 129 Å². The smallest absolute Gasteiger partial charge is 0.255 e. The number of carbonyl (C=O) groups is 1. The van der Waals surface area contributed by atoms with E-state index in [0.29, 0.717) is 40.8 Å². The number of pyridine rings is 1. The highest BCUT2D eigenvalue weighted by Crippen LogP contribution is 2.34. The van der Waals surface area contributed by atoms with Gasteiger partial charge in [0, 0.05) is 54.4 Å². The minimum atomic E-state index is -3.51. The summed E-state index contributed by atoms with van der Waals surface area (Å²) in [6, 6.07) is 7.59. The molecule has 1 fully saturated rings. The first kappa shape index (κ1) is 28.4. The van der Waals surface area contributed by atoms with Gasteiger partial charge in [-0.15, -0.1) is 0 Å².